The van der Waals surface area contributed by atoms with E-state index in [0.29, 0.717) is 57.9 Å². The molecule has 6 unspecified atom stereocenters. The number of aromatic nitrogens is 1. The van der Waals surface area contributed by atoms with Gasteiger partial charge in [-0.2, -0.15) is 0 Å². The van der Waals surface area contributed by atoms with Gasteiger partial charge >= 0.3 is 0 Å². The quantitative estimate of drug-likeness (QED) is 0.164. The first-order chi connectivity index (χ1) is 62.4. The summed E-state index contributed by atoms with van der Waals surface area (Å²) in [4.78, 5) is 20.4. The second kappa shape index (κ2) is 34.8. The second-order valence-corrected chi connectivity index (χ2v) is 46.6. The molecule has 7 nitrogen and oxygen atoms in total. The van der Waals surface area contributed by atoms with E-state index in [-0.39, 0.29) is 21.9 Å². The van der Waals surface area contributed by atoms with Gasteiger partial charge in [0.05, 0.1) is 0 Å². The van der Waals surface area contributed by atoms with Crippen LogP contribution in [0, 0.1) is 99.7 Å². The van der Waals surface area contributed by atoms with Gasteiger partial charge in [-0.25, -0.2) is 4.98 Å². The number of nitrogens with zero attached hydrogens (tertiary/aromatic N) is 7. The summed E-state index contributed by atoms with van der Waals surface area (Å²) in [6, 6.07) is 87.9. The van der Waals surface area contributed by atoms with Gasteiger partial charge in [0.1, 0.15) is 5.82 Å². The highest BCUT2D eigenvalue weighted by Crippen LogP contribution is 2.72. The van der Waals surface area contributed by atoms with Gasteiger partial charge in [0.15, 0.2) is 0 Å². The number of hydrogen-bond acceptors (Lipinski definition) is 7. The molecule has 10 aromatic rings. The van der Waals surface area contributed by atoms with E-state index in [4.69, 9.17) is 0 Å². The molecule has 0 N–H and O–H groups in total. The lowest BCUT2D eigenvalue weighted by Crippen LogP contribution is -2.60. The molecule has 10 saturated carbocycles. The molecule has 26 rings (SSSR count). The highest BCUT2D eigenvalue weighted by atomic mass is 15.3. The SMILES string of the molecule is Cc1ccccc1N1C(C)C2(CC1(C)C)C1CC3CC(C1)CC2C3.Cc1ccccc1N1C(C)C2(CCCCC2)CC1(C)C.Cc1ccccc1N1c2ccccc2C(C)(C)C1C.Cc1ccccc1N1c2ccccc2C2(C3CC4CC(C3)CC2C4)C1C.Cc1ccccc1N1c2ccccc2C2(CCCCC2)C1C.Cc1ccccc1N1c2ncccc2C(C)(C)C1C. The molecule has 9 aromatic carbocycles. The molecule has 7 heterocycles. The van der Waals surface area contributed by atoms with Gasteiger partial charge in [-0.1, -0.05) is 236 Å². The number of pyridine rings is 1. The maximum absolute atomic E-state index is 4.63. The molecule has 6 aliphatic heterocycles. The highest BCUT2D eigenvalue weighted by Gasteiger charge is 2.68. The number of benzene rings is 9. The van der Waals surface area contributed by atoms with Crippen molar-refractivity contribution in [3.63, 3.8) is 0 Å². The van der Waals surface area contributed by atoms with E-state index in [0.717, 1.165) is 53.2 Å². The zero-order valence-corrected chi connectivity index (χ0v) is 83.3. The summed E-state index contributed by atoms with van der Waals surface area (Å²) in [7, 11) is 0. The summed E-state index contributed by atoms with van der Waals surface area (Å²) in [5.74, 6) is 9.07. The standard InChI is InChI=1S/C25H29N.C23H33N.C21H25N.C19H29N.C18H21N.C17H20N2/c1-16-7-3-5-9-23(16)26-17(2)25(22-8-4-6-10-24(22)26)20-12-18-11-19(14-20)15-21(25)13-18;1-15-7-5-6-8-21(15)24-16(2)23(14-22(24,3)4)19-10-17-9-18(12-19)13-20(23)11-17;1-16-10-4-6-12-19(16)22-17(2)21(14-8-3-9-15-21)18-11-5-7-13-20(18)22;1-15-10-6-7-11-17(15)20-16(2)19(14-18(20,3)4)12-8-5-9-13-19;1-13-9-5-7-11-16(13)19-14(2)18(3,4)15-10-6-8-12-17(15)19;1-12-8-5-6-10-15(12)19-13(2)17(3,4)14-9-7-11-18-16(14)19/h3-10,17-21H,11-15H2,1-2H3;5-8,16-20H,9-14H2,1-4H3;4-7,10-13,17H,3,8-9,14-15H2,1-2H3;6-7,10-11,16H,5,8-9,12-14H2,1-4H3;5-12,14H,1-4H3;5-11,13H,1-4H3. The van der Waals surface area contributed by atoms with Crippen LogP contribution in [0.25, 0.3) is 0 Å². The molecule has 0 amide bonds. The number of aryl methyl sites for hydroxylation is 6. The van der Waals surface area contributed by atoms with Crippen molar-refractivity contribution >= 4 is 57.0 Å². The van der Waals surface area contributed by atoms with Gasteiger partial charge in [0.2, 0.25) is 0 Å². The molecule has 4 spiro atoms. The normalized spacial score (nSPS) is 30.4. The minimum absolute atomic E-state index is 0.117. The minimum Gasteiger partial charge on any atom is -0.363 e. The summed E-state index contributed by atoms with van der Waals surface area (Å²) in [5.41, 5.74) is 29.6. The predicted octanol–water partition coefficient (Wildman–Crippen LogP) is 32.1. The first-order valence-electron chi connectivity index (χ1n) is 51.7. The van der Waals surface area contributed by atoms with Crippen LogP contribution in [0.5, 0.6) is 0 Å². The first-order valence-corrected chi connectivity index (χ1v) is 51.7. The Bertz CT molecular complexity index is 5540. The zero-order chi connectivity index (χ0) is 90.9. The molecule has 7 heteroatoms. The Kier molecular flexibility index (Phi) is 24.1. The third-order valence-corrected chi connectivity index (χ3v) is 38.3. The van der Waals surface area contributed by atoms with Crippen molar-refractivity contribution in [1.29, 1.82) is 0 Å². The van der Waals surface area contributed by atoms with Gasteiger partial charge in [-0.3, -0.25) is 0 Å². The Morgan fingerprint density at radius 1 is 0.262 bits per heavy atom. The Hall–Kier alpha value is -9.07. The lowest BCUT2D eigenvalue weighted by atomic mass is 9.42. The Balaban J connectivity index is 0.000000102. The van der Waals surface area contributed by atoms with Crippen LogP contribution in [0.15, 0.2) is 237 Å². The maximum Gasteiger partial charge on any atom is 0.137 e. The molecular weight excluding hydrogens is 1580 g/mol. The Labute approximate surface area is 785 Å². The average molecular weight is 1730 g/mol. The fraction of sp³-hybridized carbons (Fsp3) is 0.520. The third-order valence-electron chi connectivity index (χ3n) is 38.3. The number of anilines is 10. The van der Waals surface area contributed by atoms with Crippen LogP contribution >= 0.6 is 0 Å². The monoisotopic (exact) mass is 1730 g/mol. The minimum atomic E-state index is 0.117. The lowest BCUT2D eigenvalue weighted by Gasteiger charge is -2.62. The van der Waals surface area contributed by atoms with Crippen molar-refractivity contribution < 1.29 is 0 Å². The van der Waals surface area contributed by atoms with Gasteiger partial charge < -0.3 is 29.4 Å². The third kappa shape index (κ3) is 14.9. The van der Waals surface area contributed by atoms with Crippen molar-refractivity contribution in [2.75, 3.05) is 29.4 Å². The molecule has 0 radical (unpaired) electrons. The topological polar surface area (TPSA) is 32.3 Å². The Morgan fingerprint density at radius 2 is 0.577 bits per heavy atom. The van der Waals surface area contributed by atoms with Crippen LogP contribution in [0.2, 0.25) is 0 Å². The van der Waals surface area contributed by atoms with Gasteiger partial charge in [0, 0.05) is 132 Å². The summed E-state index contributed by atoms with van der Waals surface area (Å²) >= 11 is 0. The molecule has 10 aliphatic carbocycles. The van der Waals surface area contributed by atoms with Crippen LogP contribution in [-0.2, 0) is 21.7 Å². The zero-order valence-electron chi connectivity index (χ0n) is 83.3. The molecule has 2 saturated heterocycles. The van der Waals surface area contributed by atoms with E-state index in [9.17, 15) is 0 Å². The van der Waals surface area contributed by atoms with Crippen LogP contribution < -0.4 is 29.4 Å². The maximum atomic E-state index is 4.63. The van der Waals surface area contributed by atoms with E-state index >= 15 is 0 Å². The highest BCUT2D eigenvalue weighted by molar-refractivity contribution is 5.80. The summed E-state index contributed by atoms with van der Waals surface area (Å²) in [5, 5.41) is 0. The smallest absolute Gasteiger partial charge is 0.137 e. The average Bonchev–Trinajstić information content (AvgIpc) is 1.52. The van der Waals surface area contributed by atoms with E-state index in [1.54, 1.807) is 17.5 Å². The van der Waals surface area contributed by atoms with Gasteiger partial charge in [-0.15, -0.1) is 0 Å². The van der Waals surface area contributed by atoms with Crippen molar-refractivity contribution in [2.24, 2.45) is 58.2 Å². The summed E-state index contributed by atoms with van der Waals surface area (Å²) in [6.07, 6.45) is 33.8. The molecule has 684 valence electrons. The second-order valence-electron chi connectivity index (χ2n) is 46.6. The molecule has 8 bridgehead atoms. The number of hydrogen-bond donors (Lipinski definition) is 0. The summed E-state index contributed by atoms with van der Waals surface area (Å²) < 4.78 is 0. The van der Waals surface area contributed by atoms with Crippen LogP contribution in [-0.4, -0.2) is 52.3 Å². The van der Waals surface area contributed by atoms with Crippen molar-refractivity contribution in [1.82, 2.24) is 4.98 Å². The van der Waals surface area contributed by atoms with E-state index < -0.39 is 0 Å². The van der Waals surface area contributed by atoms with Crippen molar-refractivity contribution in [3.8, 4) is 0 Å². The molecule has 12 fully saturated rings. The van der Waals surface area contributed by atoms with Gasteiger partial charge in [0.25, 0.3) is 0 Å². The number of fused-ring (bicyclic) bond motifs is 5. The first kappa shape index (κ1) is 90.1. The van der Waals surface area contributed by atoms with Gasteiger partial charge in [-0.05, 0) is 382 Å². The Morgan fingerprint density at radius 3 is 1.02 bits per heavy atom. The number of para-hydroxylation sites is 9. The van der Waals surface area contributed by atoms with E-state index in [1.165, 1.54) is 231 Å². The predicted molar refractivity (Wildman–Crippen MR) is 553 cm³/mol. The van der Waals surface area contributed by atoms with Crippen LogP contribution in [0.4, 0.5) is 57.0 Å². The molecule has 16 aliphatic rings. The molecule has 6 atom stereocenters. The largest absolute Gasteiger partial charge is 0.363 e. The molecule has 130 heavy (non-hydrogen) atoms. The van der Waals surface area contributed by atoms with Crippen LogP contribution in [0.3, 0.4) is 0 Å². The van der Waals surface area contributed by atoms with Crippen LogP contribution in [0.1, 0.15) is 294 Å². The summed E-state index contributed by atoms with van der Waals surface area (Å²) in [6.45, 7) is 47.2. The van der Waals surface area contributed by atoms with Crippen molar-refractivity contribution in [3.05, 3.63) is 292 Å². The fourth-order valence-corrected chi connectivity index (χ4v) is 32.2. The lowest BCUT2D eigenvalue weighted by molar-refractivity contribution is -0.113. The van der Waals surface area contributed by atoms with E-state index in [1.807, 2.05) is 12.3 Å². The number of rotatable bonds is 6. The molecule has 1 aromatic heterocycles. The fourth-order valence-electron chi connectivity index (χ4n) is 32.2. The molecular formula is C123H157N7. The van der Waals surface area contributed by atoms with E-state index in [2.05, 4.69) is 397 Å². The van der Waals surface area contributed by atoms with Crippen molar-refractivity contribution in [2.45, 2.75) is 349 Å².